The van der Waals surface area contributed by atoms with E-state index >= 15 is 0 Å². The van der Waals surface area contributed by atoms with E-state index in [4.69, 9.17) is 17.0 Å². The predicted octanol–water partition coefficient (Wildman–Crippen LogP) is 3.64. The molecule has 1 aliphatic heterocycles. The van der Waals surface area contributed by atoms with Gasteiger partial charge < -0.3 is 9.64 Å². The summed E-state index contributed by atoms with van der Waals surface area (Å²) in [6.07, 6.45) is 1.46. The molecule has 106 valence electrons. The second-order valence-corrected chi connectivity index (χ2v) is 5.24. The minimum absolute atomic E-state index is 0.139. The topological polar surface area (TPSA) is 37.2 Å². The van der Waals surface area contributed by atoms with E-state index in [1.165, 1.54) is 5.56 Å². The van der Waals surface area contributed by atoms with Crippen molar-refractivity contribution in [3.05, 3.63) is 42.0 Å². The fourth-order valence-electron chi connectivity index (χ4n) is 2.13. The highest BCUT2D eigenvalue weighted by atomic mass is 32.1. The number of aryl methyl sites for hydroxylation is 1. The molecule has 0 radical (unpaired) electrons. The van der Waals surface area contributed by atoms with Crippen molar-refractivity contribution >= 4 is 17.3 Å². The third-order valence-corrected chi connectivity index (χ3v) is 3.76. The Hall–Kier alpha value is -1.75. The lowest BCUT2D eigenvalue weighted by Crippen LogP contribution is -2.42. The van der Waals surface area contributed by atoms with Gasteiger partial charge >= 0.3 is 0 Å². The van der Waals surface area contributed by atoms with Gasteiger partial charge in [-0.2, -0.15) is 5.11 Å². The third kappa shape index (κ3) is 2.88. The van der Waals surface area contributed by atoms with Crippen molar-refractivity contribution < 1.29 is 4.74 Å². The second-order valence-electron chi connectivity index (χ2n) is 4.87. The molecular formula is C15H19N3OS. The summed E-state index contributed by atoms with van der Waals surface area (Å²) in [6, 6.07) is 6.04. The molecule has 1 heterocycles. The van der Waals surface area contributed by atoms with Gasteiger partial charge in [0.25, 0.3) is 0 Å². The molecule has 2 rings (SSSR count). The zero-order valence-corrected chi connectivity index (χ0v) is 12.9. The monoisotopic (exact) mass is 289 g/mol. The zero-order chi connectivity index (χ0) is 14.7. The summed E-state index contributed by atoms with van der Waals surface area (Å²) in [6.45, 7) is 10.5. The maximum atomic E-state index is 6.05. The van der Waals surface area contributed by atoms with Crippen LogP contribution in [0.1, 0.15) is 18.1 Å². The normalized spacial score (nSPS) is 19.2. The first kappa shape index (κ1) is 14.7. The highest BCUT2D eigenvalue weighted by Gasteiger charge is 2.31. The van der Waals surface area contributed by atoms with Crippen molar-refractivity contribution in [2.45, 2.75) is 33.0 Å². The SMILES string of the molecule is C=CCN1C(=S)N=NC1C(C)Oc1cccc(C)c1C. The molecule has 0 bridgehead atoms. The minimum Gasteiger partial charge on any atom is -0.486 e. The molecule has 4 nitrogen and oxygen atoms in total. The third-order valence-electron chi connectivity index (χ3n) is 3.44. The Bertz CT molecular complexity index is 556. The first-order valence-electron chi connectivity index (χ1n) is 6.59. The molecule has 5 heteroatoms. The van der Waals surface area contributed by atoms with Gasteiger partial charge in [-0.05, 0) is 50.2 Å². The molecule has 20 heavy (non-hydrogen) atoms. The Morgan fingerprint density at radius 1 is 1.50 bits per heavy atom. The molecule has 0 saturated heterocycles. The van der Waals surface area contributed by atoms with Crippen LogP contribution < -0.4 is 4.74 Å². The number of nitrogens with zero attached hydrogens (tertiary/aromatic N) is 3. The van der Waals surface area contributed by atoms with Crippen LogP contribution >= 0.6 is 12.2 Å². The van der Waals surface area contributed by atoms with Gasteiger partial charge in [0.05, 0.1) is 0 Å². The van der Waals surface area contributed by atoms with Gasteiger partial charge in [0.15, 0.2) is 6.17 Å². The summed E-state index contributed by atoms with van der Waals surface area (Å²) < 4.78 is 6.05. The summed E-state index contributed by atoms with van der Waals surface area (Å²) in [7, 11) is 0. The minimum atomic E-state index is -0.194. The lowest BCUT2D eigenvalue weighted by molar-refractivity contribution is 0.135. The van der Waals surface area contributed by atoms with Gasteiger partial charge in [-0.1, -0.05) is 18.2 Å². The smallest absolute Gasteiger partial charge is 0.218 e. The maximum Gasteiger partial charge on any atom is 0.218 e. The largest absolute Gasteiger partial charge is 0.486 e. The van der Waals surface area contributed by atoms with Crippen LogP contribution in [0.25, 0.3) is 0 Å². The summed E-state index contributed by atoms with van der Waals surface area (Å²) in [5.74, 6) is 0.879. The van der Waals surface area contributed by atoms with Crippen molar-refractivity contribution in [2.75, 3.05) is 6.54 Å². The van der Waals surface area contributed by atoms with E-state index in [0.717, 1.165) is 11.3 Å². The van der Waals surface area contributed by atoms with Crippen LogP contribution in [0.4, 0.5) is 0 Å². The van der Waals surface area contributed by atoms with E-state index in [-0.39, 0.29) is 12.3 Å². The van der Waals surface area contributed by atoms with Crippen molar-refractivity contribution in [3.8, 4) is 5.75 Å². The summed E-state index contributed by atoms with van der Waals surface area (Å²) >= 11 is 5.18. The molecule has 0 amide bonds. The molecule has 2 unspecified atom stereocenters. The number of ether oxygens (including phenoxy) is 1. The van der Waals surface area contributed by atoms with E-state index in [9.17, 15) is 0 Å². The zero-order valence-electron chi connectivity index (χ0n) is 12.0. The van der Waals surface area contributed by atoms with Crippen LogP contribution in [0.3, 0.4) is 0 Å². The van der Waals surface area contributed by atoms with Crippen LogP contribution in [0.15, 0.2) is 41.1 Å². The Labute approximate surface area is 125 Å². The van der Waals surface area contributed by atoms with Crippen molar-refractivity contribution in [1.82, 2.24) is 4.90 Å². The molecule has 0 N–H and O–H groups in total. The van der Waals surface area contributed by atoms with Gasteiger partial charge in [0, 0.05) is 6.54 Å². The lowest BCUT2D eigenvalue weighted by atomic mass is 10.1. The van der Waals surface area contributed by atoms with Crippen molar-refractivity contribution in [1.29, 1.82) is 0 Å². The highest BCUT2D eigenvalue weighted by molar-refractivity contribution is 7.80. The van der Waals surface area contributed by atoms with E-state index in [1.54, 1.807) is 6.08 Å². The molecule has 0 fully saturated rings. The number of thiocarbonyl (C=S) groups is 1. The second kappa shape index (κ2) is 6.13. The molecule has 0 aliphatic carbocycles. The number of azo groups is 1. The predicted molar refractivity (Wildman–Crippen MR) is 84.2 cm³/mol. The first-order chi connectivity index (χ1) is 9.54. The Morgan fingerprint density at radius 3 is 2.95 bits per heavy atom. The summed E-state index contributed by atoms with van der Waals surface area (Å²) in [4.78, 5) is 1.91. The van der Waals surface area contributed by atoms with Crippen LogP contribution in [0, 0.1) is 13.8 Å². The molecule has 0 aromatic heterocycles. The molecule has 1 aliphatic rings. The van der Waals surface area contributed by atoms with Crippen molar-refractivity contribution in [2.24, 2.45) is 10.2 Å². The lowest BCUT2D eigenvalue weighted by Gasteiger charge is -2.27. The molecule has 1 aromatic rings. The molecule has 0 spiro atoms. The quantitative estimate of drug-likeness (QED) is 0.613. The van der Waals surface area contributed by atoms with Crippen molar-refractivity contribution in [3.63, 3.8) is 0 Å². The fraction of sp³-hybridized carbons (Fsp3) is 0.400. The molecular weight excluding hydrogens is 270 g/mol. The van der Waals surface area contributed by atoms with Crippen LogP contribution in [-0.2, 0) is 0 Å². The fourth-order valence-corrected chi connectivity index (χ4v) is 2.36. The van der Waals surface area contributed by atoms with Gasteiger partial charge in [0.1, 0.15) is 11.9 Å². The average molecular weight is 289 g/mol. The highest BCUT2D eigenvalue weighted by Crippen LogP contribution is 2.25. The molecule has 1 aromatic carbocycles. The average Bonchev–Trinajstić information content (AvgIpc) is 2.77. The van der Waals surface area contributed by atoms with E-state index in [1.807, 2.05) is 24.0 Å². The van der Waals surface area contributed by atoms with Gasteiger partial charge in [-0.15, -0.1) is 11.7 Å². The Morgan fingerprint density at radius 2 is 2.25 bits per heavy atom. The first-order valence-corrected chi connectivity index (χ1v) is 7.00. The standard InChI is InChI=1S/C15H19N3OS/c1-5-9-18-14(16-17-15(18)20)12(4)19-13-8-6-7-10(2)11(13)3/h5-8,12,14H,1,9H2,2-4H3. The maximum absolute atomic E-state index is 6.05. The van der Waals surface area contributed by atoms with Crippen LogP contribution in [-0.4, -0.2) is 28.8 Å². The summed E-state index contributed by atoms with van der Waals surface area (Å²) in [5.41, 5.74) is 2.35. The molecule has 0 saturated carbocycles. The Balaban J connectivity index is 2.13. The van der Waals surface area contributed by atoms with Gasteiger partial charge in [0.2, 0.25) is 5.11 Å². The van der Waals surface area contributed by atoms with E-state index in [2.05, 4.69) is 36.7 Å². The van der Waals surface area contributed by atoms with Crippen LogP contribution in [0.2, 0.25) is 0 Å². The van der Waals surface area contributed by atoms with E-state index < -0.39 is 0 Å². The molecule has 2 atom stereocenters. The van der Waals surface area contributed by atoms with Crippen LogP contribution in [0.5, 0.6) is 5.75 Å². The summed E-state index contributed by atoms with van der Waals surface area (Å²) in [5, 5.41) is 8.67. The number of rotatable bonds is 5. The van der Waals surface area contributed by atoms with E-state index in [0.29, 0.717) is 11.7 Å². The van der Waals surface area contributed by atoms with Gasteiger partial charge in [-0.25, -0.2) is 0 Å². The number of hydrogen-bond acceptors (Lipinski definition) is 3. The Kier molecular flexibility index (Phi) is 4.49. The number of benzene rings is 1. The number of hydrogen-bond donors (Lipinski definition) is 0. The van der Waals surface area contributed by atoms with Gasteiger partial charge in [-0.3, -0.25) is 0 Å².